The van der Waals surface area contributed by atoms with Gasteiger partial charge in [-0.15, -0.1) is 0 Å². The van der Waals surface area contributed by atoms with Crippen molar-refractivity contribution in [3.63, 3.8) is 0 Å². The van der Waals surface area contributed by atoms with E-state index in [9.17, 15) is 18.4 Å². The lowest BCUT2D eigenvalue weighted by Gasteiger charge is -2.26. The van der Waals surface area contributed by atoms with Crippen molar-refractivity contribution in [1.82, 2.24) is 5.32 Å². The zero-order valence-electron chi connectivity index (χ0n) is 14.6. The van der Waals surface area contributed by atoms with E-state index in [2.05, 4.69) is 10.1 Å². The molecule has 1 amide bonds. The van der Waals surface area contributed by atoms with Crippen molar-refractivity contribution in [3.05, 3.63) is 54.1 Å². The molecule has 9 heteroatoms. The van der Waals surface area contributed by atoms with Gasteiger partial charge in [0.25, 0.3) is 5.91 Å². The molecule has 7 nitrogen and oxygen atoms in total. The first-order valence-electron chi connectivity index (χ1n) is 8.38. The quantitative estimate of drug-likeness (QED) is 0.728. The topological polar surface area (TPSA) is 83.1 Å². The summed E-state index contributed by atoms with van der Waals surface area (Å²) in [5.41, 5.74) is 0.107. The minimum atomic E-state index is -2.95. The van der Waals surface area contributed by atoms with Crippen LogP contribution < -0.4 is 19.5 Å². The van der Waals surface area contributed by atoms with Crippen LogP contribution in [0.2, 0.25) is 0 Å². The summed E-state index contributed by atoms with van der Waals surface area (Å²) in [7, 11) is 0. The lowest BCUT2D eigenvalue weighted by molar-refractivity contribution is -0.124. The fraction of sp³-hybridized carbons (Fsp3) is 0.263. The van der Waals surface area contributed by atoms with E-state index < -0.39 is 25.1 Å². The zero-order chi connectivity index (χ0) is 19.9. The van der Waals surface area contributed by atoms with Crippen LogP contribution in [0.4, 0.5) is 8.78 Å². The maximum absolute atomic E-state index is 12.1. The highest BCUT2D eigenvalue weighted by atomic mass is 19.3. The van der Waals surface area contributed by atoms with Crippen molar-refractivity contribution in [2.24, 2.45) is 0 Å². The van der Waals surface area contributed by atoms with E-state index in [1.165, 1.54) is 24.3 Å². The molecule has 0 spiro atoms. The molecule has 1 aliphatic rings. The minimum Gasteiger partial charge on any atom is -0.486 e. The van der Waals surface area contributed by atoms with Gasteiger partial charge in [0.1, 0.15) is 18.5 Å². The van der Waals surface area contributed by atoms with Gasteiger partial charge in [0, 0.05) is 0 Å². The van der Waals surface area contributed by atoms with Crippen LogP contribution in [0, 0.1) is 0 Å². The van der Waals surface area contributed by atoms with Crippen molar-refractivity contribution < 1.29 is 37.3 Å². The number of ether oxygens (including phenoxy) is 4. The highest BCUT2D eigenvalue weighted by Gasteiger charge is 2.21. The van der Waals surface area contributed by atoms with Crippen LogP contribution in [0.15, 0.2) is 48.5 Å². The van der Waals surface area contributed by atoms with E-state index in [1.54, 1.807) is 12.1 Å². The highest BCUT2D eigenvalue weighted by molar-refractivity contribution is 5.91. The first-order valence-corrected chi connectivity index (χ1v) is 8.38. The third-order valence-corrected chi connectivity index (χ3v) is 3.74. The number of alkyl halides is 2. The van der Waals surface area contributed by atoms with Crippen molar-refractivity contribution >= 4 is 11.9 Å². The van der Waals surface area contributed by atoms with Gasteiger partial charge in [-0.1, -0.05) is 12.1 Å². The van der Waals surface area contributed by atoms with Gasteiger partial charge in [-0.05, 0) is 36.4 Å². The molecule has 0 aliphatic carbocycles. The molecule has 148 valence electrons. The summed E-state index contributed by atoms with van der Waals surface area (Å²) in [6, 6.07) is 12.2. The Morgan fingerprint density at radius 2 is 1.82 bits per heavy atom. The third kappa shape index (κ3) is 5.32. The van der Waals surface area contributed by atoms with Crippen molar-refractivity contribution in [2.75, 3.05) is 19.8 Å². The Morgan fingerprint density at radius 1 is 1.11 bits per heavy atom. The standard InChI is InChI=1S/C19H17F2NO6/c20-19(21)28-13-7-5-12(6-8-13)18(24)26-11-17(23)22-9-14-10-25-15-3-1-2-4-16(15)27-14/h1-8,14,19H,9-11H2,(H,22,23)/t14-/m1/s1. The maximum atomic E-state index is 12.1. The maximum Gasteiger partial charge on any atom is 0.387 e. The number of benzene rings is 2. The number of amides is 1. The Morgan fingerprint density at radius 3 is 2.54 bits per heavy atom. The molecule has 0 unspecified atom stereocenters. The van der Waals surface area contributed by atoms with E-state index in [1.807, 2.05) is 12.1 Å². The molecule has 1 aliphatic heterocycles. The summed E-state index contributed by atoms with van der Waals surface area (Å²) in [5.74, 6) is -0.110. The fourth-order valence-electron chi connectivity index (χ4n) is 2.43. The lowest BCUT2D eigenvalue weighted by atomic mass is 10.2. The molecule has 0 bridgehead atoms. The Bertz CT molecular complexity index is 827. The number of hydrogen-bond acceptors (Lipinski definition) is 6. The largest absolute Gasteiger partial charge is 0.486 e. The average molecular weight is 393 g/mol. The highest BCUT2D eigenvalue weighted by Crippen LogP contribution is 2.30. The van der Waals surface area contributed by atoms with Crippen LogP contribution in [0.5, 0.6) is 17.2 Å². The smallest absolute Gasteiger partial charge is 0.387 e. The van der Waals surface area contributed by atoms with Gasteiger partial charge in [0.15, 0.2) is 18.1 Å². The summed E-state index contributed by atoms with van der Waals surface area (Å²) in [6.07, 6.45) is -0.364. The van der Waals surface area contributed by atoms with Gasteiger partial charge in [-0.25, -0.2) is 4.79 Å². The molecule has 2 aromatic rings. The Labute approximate surface area is 159 Å². The SMILES string of the molecule is O=C(COC(=O)c1ccc(OC(F)F)cc1)NC[C@@H]1COc2ccccc2O1. The second-order valence-electron chi connectivity index (χ2n) is 5.78. The first kappa shape index (κ1) is 19.4. The van der Waals surface area contributed by atoms with Crippen molar-refractivity contribution in [1.29, 1.82) is 0 Å². The summed E-state index contributed by atoms with van der Waals surface area (Å²) >= 11 is 0. The van der Waals surface area contributed by atoms with E-state index in [0.717, 1.165) is 0 Å². The molecule has 1 atom stereocenters. The van der Waals surface area contributed by atoms with Crippen LogP contribution in [-0.4, -0.2) is 44.4 Å². The van der Waals surface area contributed by atoms with Gasteiger partial charge < -0.3 is 24.3 Å². The molecule has 1 heterocycles. The predicted octanol–water partition coefficient (Wildman–Crippen LogP) is 2.40. The number of halogens is 2. The molecule has 2 aromatic carbocycles. The Balaban J connectivity index is 1.40. The molecular weight excluding hydrogens is 376 g/mol. The third-order valence-electron chi connectivity index (χ3n) is 3.74. The number of rotatable bonds is 7. The van der Waals surface area contributed by atoms with Crippen LogP contribution >= 0.6 is 0 Å². The van der Waals surface area contributed by atoms with Crippen LogP contribution in [-0.2, 0) is 9.53 Å². The Kier molecular flexibility index (Phi) is 6.25. The Hall–Kier alpha value is -3.36. The second kappa shape index (κ2) is 9.03. The minimum absolute atomic E-state index is 0.0828. The van der Waals surface area contributed by atoms with E-state index in [0.29, 0.717) is 11.5 Å². The molecule has 0 saturated carbocycles. The molecule has 28 heavy (non-hydrogen) atoms. The summed E-state index contributed by atoms with van der Waals surface area (Å²) in [5, 5.41) is 2.60. The van der Waals surface area contributed by atoms with E-state index >= 15 is 0 Å². The number of esters is 1. The monoisotopic (exact) mass is 393 g/mol. The fourth-order valence-corrected chi connectivity index (χ4v) is 2.43. The average Bonchev–Trinajstić information content (AvgIpc) is 2.70. The van der Waals surface area contributed by atoms with Crippen LogP contribution in [0.1, 0.15) is 10.4 Å². The summed E-state index contributed by atoms with van der Waals surface area (Å²) < 4.78 is 44.5. The van der Waals surface area contributed by atoms with E-state index in [4.69, 9.17) is 14.2 Å². The number of carbonyl (C=O) groups excluding carboxylic acids is 2. The number of carbonyl (C=O) groups is 2. The predicted molar refractivity (Wildman–Crippen MR) is 92.7 cm³/mol. The number of nitrogens with one attached hydrogen (secondary N) is 1. The molecule has 0 aromatic heterocycles. The molecule has 1 N–H and O–H groups in total. The van der Waals surface area contributed by atoms with Gasteiger partial charge in [-0.3, -0.25) is 4.79 Å². The normalized spacial score (nSPS) is 15.0. The lowest BCUT2D eigenvalue weighted by Crippen LogP contribution is -2.42. The van der Waals surface area contributed by atoms with Gasteiger partial charge in [0.2, 0.25) is 0 Å². The summed E-state index contributed by atoms with van der Waals surface area (Å²) in [6.45, 7) is -2.97. The van der Waals surface area contributed by atoms with Crippen molar-refractivity contribution in [2.45, 2.75) is 12.7 Å². The van der Waals surface area contributed by atoms with Crippen molar-refractivity contribution in [3.8, 4) is 17.2 Å². The number of fused-ring (bicyclic) bond motifs is 1. The molecular formula is C19H17F2NO6. The number of hydrogen-bond donors (Lipinski definition) is 1. The molecule has 0 fully saturated rings. The van der Waals surface area contributed by atoms with Gasteiger partial charge >= 0.3 is 12.6 Å². The second-order valence-corrected chi connectivity index (χ2v) is 5.78. The molecule has 0 saturated heterocycles. The molecule has 3 rings (SSSR count). The van der Waals surface area contributed by atoms with Crippen LogP contribution in [0.3, 0.4) is 0 Å². The van der Waals surface area contributed by atoms with Gasteiger partial charge in [0.05, 0.1) is 12.1 Å². The summed E-state index contributed by atoms with van der Waals surface area (Å²) in [4.78, 5) is 23.7. The number of para-hydroxylation sites is 2. The zero-order valence-corrected chi connectivity index (χ0v) is 14.6. The first-order chi connectivity index (χ1) is 13.5. The van der Waals surface area contributed by atoms with Crippen LogP contribution in [0.25, 0.3) is 0 Å². The molecule has 0 radical (unpaired) electrons. The van der Waals surface area contributed by atoms with Gasteiger partial charge in [-0.2, -0.15) is 8.78 Å². The van der Waals surface area contributed by atoms with E-state index in [-0.39, 0.29) is 30.6 Å².